The fourth-order valence-corrected chi connectivity index (χ4v) is 3.60. The van der Waals surface area contributed by atoms with Crippen molar-refractivity contribution in [3.05, 3.63) is 18.2 Å². The van der Waals surface area contributed by atoms with E-state index in [1.165, 1.54) is 11.5 Å². The molecule has 1 saturated heterocycles. The van der Waals surface area contributed by atoms with Crippen LogP contribution in [0.1, 0.15) is 6.92 Å². The van der Waals surface area contributed by atoms with E-state index < -0.39 is 0 Å². The van der Waals surface area contributed by atoms with Gasteiger partial charge in [-0.3, -0.25) is 0 Å². The van der Waals surface area contributed by atoms with Crippen LogP contribution in [0, 0.1) is 5.92 Å². The Morgan fingerprint density at radius 1 is 1.18 bits per heavy atom. The van der Waals surface area contributed by atoms with Gasteiger partial charge in [0.1, 0.15) is 13.2 Å². The quantitative estimate of drug-likeness (QED) is 0.875. The molecule has 1 N–H and O–H groups in total. The number of rotatable bonds is 2. The third-order valence-electron chi connectivity index (χ3n) is 3.26. The monoisotopic (exact) mass is 251 g/mol. The van der Waals surface area contributed by atoms with Crippen molar-refractivity contribution < 1.29 is 9.47 Å². The van der Waals surface area contributed by atoms with Gasteiger partial charge in [-0.2, -0.15) is 11.8 Å². The molecule has 1 fully saturated rings. The first-order chi connectivity index (χ1) is 8.33. The van der Waals surface area contributed by atoms with E-state index in [9.17, 15) is 0 Å². The Kier molecular flexibility index (Phi) is 3.05. The van der Waals surface area contributed by atoms with Crippen LogP contribution in [0.2, 0.25) is 0 Å². The molecular weight excluding hydrogens is 234 g/mol. The van der Waals surface area contributed by atoms with Crippen LogP contribution in [0.3, 0.4) is 0 Å². The second-order valence-electron chi connectivity index (χ2n) is 4.62. The van der Waals surface area contributed by atoms with Crippen LogP contribution in [0.25, 0.3) is 0 Å². The highest BCUT2D eigenvalue weighted by Gasteiger charge is 2.24. The molecule has 92 valence electrons. The number of hydrogen-bond donors (Lipinski definition) is 1. The molecule has 0 aromatic heterocycles. The second kappa shape index (κ2) is 4.69. The summed E-state index contributed by atoms with van der Waals surface area (Å²) in [6, 6.07) is 6.68. The standard InChI is InChI=1S/C13H17NO2S/c1-9-7-17-8-11(9)14-10-2-3-12-13(6-10)16-5-4-15-12/h2-3,6,9,11,14H,4-5,7-8H2,1H3. The topological polar surface area (TPSA) is 30.5 Å². The third-order valence-corrected chi connectivity index (χ3v) is 4.62. The van der Waals surface area contributed by atoms with Gasteiger partial charge >= 0.3 is 0 Å². The number of anilines is 1. The SMILES string of the molecule is CC1CSCC1Nc1ccc2c(c1)OCCO2. The molecule has 3 rings (SSSR count). The van der Waals surface area contributed by atoms with Crippen molar-refractivity contribution in [1.82, 2.24) is 0 Å². The maximum absolute atomic E-state index is 5.59. The highest BCUT2D eigenvalue weighted by Crippen LogP contribution is 2.34. The van der Waals surface area contributed by atoms with E-state index in [-0.39, 0.29) is 0 Å². The van der Waals surface area contributed by atoms with Crippen molar-refractivity contribution in [3.8, 4) is 11.5 Å². The van der Waals surface area contributed by atoms with Crippen molar-refractivity contribution in [2.45, 2.75) is 13.0 Å². The van der Waals surface area contributed by atoms with Crippen LogP contribution in [-0.2, 0) is 0 Å². The Bertz CT molecular complexity index is 410. The van der Waals surface area contributed by atoms with E-state index in [2.05, 4.69) is 18.3 Å². The van der Waals surface area contributed by atoms with Crippen molar-refractivity contribution in [1.29, 1.82) is 0 Å². The molecule has 3 nitrogen and oxygen atoms in total. The van der Waals surface area contributed by atoms with E-state index in [4.69, 9.17) is 9.47 Å². The minimum atomic E-state index is 0.572. The highest BCUT2D eigenvalue weighted by atomic mass is 32.2. The van der Waals surface area contributed by atoms with Crippen LogP contribution >= 0.6 is 11.8 Å². The minimum Gasteiger partial charge on any atom is -0.486 e. The fraction of sp³-hybridized carbons (Fsp3) is 0.538. The summed E-state index contributed by atoms with van der Waals surface area (Å²) in [5.74, 6) is 4.89. The number of benzene rings is 1. The average molecular weight is 251 g/mol. The molecule has 0 spiro atoms. The van der Waals surface area contributed by atoms with E-state index >= 15 is 0 Å². The van der Waals surface area contributed by atoms with E-state index in [1.807, 2.05) is 23.9 Å². The van der Waals surface area contributed by atoms with Gasteiger partial charge in [-0.05, 0) is 23.8 Å². The lowest BCUT2D eigenvalue weighted by Gasteiger charge is -2.21. The van der Waals surface area contributed by atoms with Gasteiger partial charge in [0.15, 0.2) is 11.5 Å². The van der Waals surface area contributed by atoms with Gasteiger partial charge in [-0.25, -0.2) is 0 Å². The van der Waals surface area contributed by atoms with Crippen molar-refractivity contribution in [2.24, 2.45) is 5.92 Å². The smallest absolute Gasteiger partial charge is 0.163 e. The molecule has 1 aromatic rings. The Balaban J connectivity index is 1.75. The molecule has 2 aliphatic rings. The lowest BCUT2D eigenvalue weighted by molar-refractivity contribution is 0.171. The summed E-state index contributed by atoms with van der Waals surface area (Å²) in [7, 11) is 0. The first kappa shape index (κ1) is 11.1. The average Bonchev–Trinajstić information content (AvgIpc) is 2.75. The van der Waals surface area contributed by atoms with Gasteiger partial charge in [-0.1, -0.05) is 6.92 Å². The maximum atomic E-state index is 5.59. The molecule has 0 aliphatic carbocycles. The molecule has 0 radical (unpaired) electrons. The third kappa shape index (κ3) is 2.32. The molecule has 4 heteroatoms. The summed E-state index contributed by atoms with van der Waals surface area (Å²) in [5.41, 5.74) is 1.13. The van der Waals surface area contributed by atoms with Gasteiger partial charge in [0.05, 0.1) is 0 Å². The van der Waals surface area contributed by atoms with Crippen molar-refractivity contribution >= 4 is 17.4 Å². The van der Waals surface area contributed by atoms with Crippen LogP contribution in [-0.4, -0.2) is 30.8 Å². The number of fused-ring (bicyclic) bond motifs is 1. The predicted octanol–water partition coefficient (Wildman–Crippen LogP) is 2.62. The largest absolute Gasteiger partial charge is 0.486 e. The zero-order valence-corrected chi connectivity index (χ0v) is 10.8. The highest BCUT2D eigenvalue weighted by molar-refractivity contribution is 7.99. The molecule has 2 atom stereocenters. The fourth-order valence-electron chi connectivity index (χ4n) is 2.19. The number of hydrogen-bond acceptors (Lipinski definition) is 4. The Morgan fingerprint density at radius 3 is 2.76 bits per heavy atom. The van der Waals surface area contributed by atoms with Gasteiger partial charge in [-0.15, -0.1) is 0 Å². The molecular formula is C13H17NO2S. The van der Waals surface area contributed by atoms with Gasteiger partial charge < -0.3 is 14.8 Å². The van der Waals surface area contributed by atoms with E-state index in [1.54, 1.807) is 0 Å². The van der Waals surface area contributed by atoms with Gasteiger partial charge in [0.25, 0.3) is 0 Å². The normalized spacial score (nSPS) is 26.9. The molecule has 2 unspecified atom stereocenters. The molecule has 0 amide bonds. The van der Waals surface area contributed by atoms with Crippen LogP contribution in [0.15, 0.2) is 18.2 Å². The molecule has 2 heterocycles. The first-order valence-electron chi connectivity index (χ1n) is 6.07. The summed E-state index contributed by atoms with van der Waals surface area (Å²) < 4.78 is 11.1. The summed E-state index contributed by atoms with van der Waals surface area (Å²) in [5, 5.41) is 3.58. The maximum Gasteiger partial charge on any atom is 0.163 e. The summed E-state index contributed by atoms with van der Waals surface area (Å²) in [6.07, 6.45) is 0. The lowest BCUT2D eigenvalue weighted by atomic mass is 10.1. The zero-order chi connectivity index (χ0) is 11.7. The molecule has 1 aromatic carbocycles. The summed E-state index contributed by atoms with van der Waals surface area (Å²) in [6.45, 7) is 3.60. The Morgan fingerprint density at radius 2 is 2.00 bits per heavy atom. The lowest BCUT2D eigenvalue weighted by Crippen LogP contribution is -2.25. The number of nitrogens with one attached hydrogen (secondary N) is 1. The van der Waals surface area contributed by atoms with E-state index in [0.717, 1.165) is 23.1 Å². The number of thioether (sulfide) groups is 1. The van der Waals surface area contributed by atoms with Crippen LogP contribution < -0.4 is 14.8 Å². The molecule has 17 heavy (non-hydrogen) atoms. The minimum absolute atomic E-state index is 0.572. The van der Waals surface area contributed by atoms with Gasteiger partial charge in [0.2, 0.25) is 0 Å². The van der Waals surface area contributed by atoms with E-state index in [0.29, 0.717) is 19.3 Å². The Hall–Kier alpha value is -1.03. The van der Waals surface area contributed by atoms with Gasteiger partial charge in [0, 0.05) is 23.5 Å². The molecule has 0 saturated carbocycles. The predicted molar refractivity (Wildman–Crippen MR) is 71.3 cm³/mol. The van der Waals surface area contributed by atoms with Crippen LogP contribution in [0.5, 0.6) is 11.5 Å². The van der Waals surface area contributed by atoms with Crippen molar-refractivity contribution in [3.63, 3.8) is 0 Å². The first-order valence-corrected chi connectivity index (χ1v) is 7.22. The van der Waals surface area contributed by atoms with Crippen LogP contribution in [0.4, 0.5) is 5.69 Å². The zero-order valence-electron chi connectivity index (χ0n) is 9.94. The number of ether oxygens (including phenoxy) is 2. The molecule has 2 aliphatic heterocycles. The van der Waals surface area contributed by atoms with Crippen molar-refractivity contribution in [2.75, 3.05) is 30.0 Å². The second-order valence-corrected chi connectivity index (χ2v) is 5.70. The Labute approximate surface area is 106 Å². The summed E-state index contributed by atoms with van der Waals surface area (Å²) >= 11 is 2.02. The molecule has 0 bridgehead atoms. The summed E-state index contributed by atoms with van der Waals surface area (Å²) in [4.78, 5) is 0.